The van der Waals surface area contributed by atoms with Crippen LogP contribution in [0.1, 0.15) is 43.8 Å². The third kappa shape index (κ3) is 2.94. The summed E-state index contributed by atoms with van der Waals surface area (Å²) in [4.78, 5) is 14.9. The summed E-state index contributed by atoms with van der Waals surface area (Å²) < 4.78 is 11.3. The van der Waals surface area contributed by atoms with Crippen molar-refractivity contribution < 1.29 is 9.00 Å². The average Bonchev–Trinajstić information content (AvgIpc) is 3.15. The molecule has 2 atom stereocenters. The monoisotopic (exact) mass is 326 g/mol. The molecule has 1 spiro atoms. The zero-order valence-corrected chi connectivity index (χ0v) is 14.0. The molecule has 6 heteroatoms. The van der Waals surface area contributed by atoms with Gasteiger partial charge in [-0.25, -0.2) is 0 Å². The predicted molar refractivity (Wildman–Crippen MR) is 86.7 cm³/mol. The minimum atomic E-state index is -0.791. The second kappa shape index (κ2) is 6.18. The number of nitrogens with zero attached hydrogens (tertiary/aromatic N) is 1. The van der Waals surface area contributed by atoms with Gasteiger partial charge in [-0.15, -0.1) is 0 Å². The number of amides is 1. The van der Waals surface area contributed by atoms with E-state index in [4.69, 9.17) is 0 Å². The molecule has 1 aromatic rings. The van der Waals surface area contributed by atoms with Crippen LogP contribution in [0.2, 0.25) is 0 Å². The molecule has 21 heavy (non-hydrogen) atoms. The number of hydrogen-bond donors (Lipinski definition) is 1. The van der Waals surface area contributed by atoms with E-state index in [9.17, 15) is 9.00 Å². The average molecular weight is 326 g/mol. The van der Waals surface area contributed by atoms with Crippen LogP contribution in [0.15, 0.2) is 16.8 Å². The molecule has 0 radical (unpaired) electrons. The molecule has 1 aromatic heterocycles. The molecule has 2 heterocycles. The first-order chi connectivity index (χ1) is 10.1. The van der Waals surface area contributed by atoms with Crippen LogP contribution in [0.5, 0.6) is 0 Å². The van der Waals surface area contributed by atoms with Crippen molar-refractivity contribution in [3.05, 3.63) is 22.4 Å². The number of nitrogens with one attached hydrogen (secondary N) is 1. The van der Waals surface area contributed by atoms with Gasteiger partial charge in [0.2, 0.25) is 5.91 Å². The summed E-state index contributed by atoms with van der Waals surface area (Å²) in [5.74, 6) is 0.908. The maximum atomic E-state index is 12.9. The van der Waals surface area contributed by atoms with Crippen molar-refractivity contribution in [1.82, 2.24) is 10.2 Å². The molecule has 1 saturated carbocycles. The van der Waals surface area contributed by atoms with Crippen molar-refractivity contribution in [2.45, 2.75) is 43.8 Å². The lowest BCUT2D eigenvalue weighted by molar-refractivity contribution is -0.133. The maximum Gasteiger partial charge on any atom is 0.244 e. The summed E-state index contributed by atoms with van der Waals surface area (Å²) >= 11 is 1.66. The van der Waals surface area contributed by atoms with Gasteiger partial charge in [-0.1, -0.05) is 12.8 Å². The van der Waals surface area contributed by atoms with Gasteiger partial charge in [-0.2, -0.15) is 11.3 Å². The van der Waals surface area contributed by atoms with Crippen LogP contribution >= 0.6 is 11.3 Å². The third-order valence-corrected chi connectivity index (χ3v) is 6.11. The summed E-state index contributed by atoms with van der Waals surface area (Å²) in [6, 6.07) is 2.09. The Labute approximate surface area is 132 Å². The summed E-state index contributed by atoms with van der Waals surface area (Å²) in [6.07, 6.45) is 6.66. The molecule has 1 aliphatic heterocycles. The van der Waals surface area contributed by atoms with Gasteiger partial charge in [-0.05, 0) is 41.7 Å². The molecular weight excluding hydrogens is 304 g/mol. The van der Waals surface area contributed by atoms with Crippen LogP contribution in [0.4, 0.5) is 0 Å². The Bertz CT molecular complexity index is 524. The number of thiophene rings is 1. The van der Waals surface area contributed by atoms with Gasteiger partial charge in [-0.3, -0.25) is 14.3 Å². The van der Waals surface area contributed by atoms with Gasteiger partial charge in [0.1, 0.15) is 6.17 Å². The summed E-state index contributed by atoms with van der Waals surface area (Å²) in [5, 5.41) is 7.78. The molecule has 2 unspecified atom stereocenters. The molecule has 116 valence electrons. The molecule has 0 bridgehead atoms. The minimum absolute atomic E-state index is 0.00728. The first-order valence-corrected chi connectivity index (χ1v) is 10.2. The van der Waals surface area contributed by atoms with E-state index in [0.29, 0.717) is 12.3 Å². The number of carbonyl (C=O) groups is 1. The van der Waals surface area contributed by atoms with Gasteiger partial charge in [0, 0.05) is 29.4 Å². The highest BCUT2D eigenvalue weighted by atomic mass is 32.2. The smallest absolute Gasteiger partial charge is 0.244 e. The topological polar surface area (TPSA) is 49.4 Å². The van der Waals surface area contributed by atoms with Crippen LogP contribution in [-0.4, -0.2) is 39.1 Å². The summed E-state index contributed by atoms with van der Waals surface area (Å²) in [5.41, 5.74) is 0.840. The highest BCUT2D eigenvalue weighted by molar-refractivity contribution is 7.84. The Hall–Kier alpha value is -0.720. The van der Waals surface area contributed by atoms with Crippen LogP contribution < -0.4 is 5.32 Å². The Balaban J connectivity index is 1.79. The highest BCUT2D eigenvalue weighted by Gasteiger charge is 2.52. The van der Waals surface area contributed by atoms with E-state index >= 15 is 0 Å². The van der Waals surface area contributed by atoms with Crippen LogP contribution in [-0.2, 0) is 15.6 Å². The van der Waals surface area contributed by atoms with Gasteiger partial charge in [0.05, 0.1) is 5.54 Å². The van der Waals surface area contributed by atoms with Gasteiger partial charge in [0.25, 0.3) is 0 Å². The second-order valence-corrected chi connectivity index (χ2v) is 8.36. The molecule has 1 aliphatic carbocycles. The molecule has 1 saturated heterocycles. The fourth-order valence-electron chi connectivity index (χ4n) is 3.49. The van der Waals surface area contributed by atoms with Gasteiger partial charge < -0.3 is 4.90 Å². The van der Waals surface area contributed by atoms with E-state index in [0.717, 1.165) is 32.1 Å². The van der Waals surface area contributed by atoms with E-state index in [2.05, 4.69) is 22.1 Å². The van der Waals surface area contributed by atoms with Crippen molar-refractivity contribution in [1.29, 1.82) is 0 Å². The van der Waals surface area contributed by atoms with Crippen molar-refractivity contribution in [2.75, 3.05) is 18.6 Å². The Morgan fingerprint density at radius 1 is 1.48 bits per heavy atom. The second-order valence-electron chi connectivity index (χ2n) is 6.02. The van der Waals surface area contributed by atoms with E-state index in [1.807, 2.05) is 4.90 Å². The van der Waals surface area contributed by atoms with Crippen molar-refractivity contribution in [3.8, 4) is 0 Å². The number of hydrogen-bond acceptors (Lipinski definition) is 4. The molecule has 0 aromatic carbocycles. The SMILES string of the molecule is CS(=O)CCCN1C(=O)C2(CCCC2)NC1c1ccsc1. The minimum Gasteiger partial charge on any atom is -0.321 e. The van der Waals surface area contributed by atoms with E-state index < -0.39 is 10.8 Å². The van der Waals surface area contributed by atoms with E-state index in [1.165, 1.54) is 5.56 Å². The predicted octanol–water partition coefficient (Wildman–Crippen LogP) is 2.26. The zero-order valence-electron chi connectivity index (χ0n) is 12.3. The first kappa shape index (κ1) is 15.2. The quantitative estimate of drug-likeness (QED) is 0.903. The fraction of sp³-hybridized carbons (Fsp3) is 0.667. The Morgan fingerprint density at radius 3 is 2.86 bits per heavy atom. The van der Waals surface area contributed by atoms with Crippen molar-refractivity contribution in [3.63, 3.8) is 0 Å². The fourth-order valence-corrected chi connectivity index (χ4v) is 4.71. The lowest BCUT2D eigenvalue weighted by atomic mass is 9.98. The lowest BCUT2D eigenvalue weighted by Crippen LogP contribution is -2.44. The largest absolute Gasteiger partial charge is 0.321 e. The molecule has 1 N–H and O–H groups in total. The number of carbonyl (C=O) groups excluding carboxylic acids is 1. The van der Waals surface area contributed by atoms with Crippen molar-refractivity contribution in [2.24, 2.45) is 0 Å². The molecule has 2 aliphatic rings. The Morgan fingerprint density at radius 2 is 2.24 bits per heavy atom. The molecular formula is C15H22N2O2S2. The molecule has 2 fully saturated rings. The summed E-state index contributed by atoms with van der Waals surface area (Å²) in [6.45, 7) is 0.688. The lowest BCUT2D eigenvalue weighted by Gasteiger charge is -2.23. The van der Waals surface area contributed by atoms with Gasteiger partial charge in [0.15, 0.2) is 0 Å². The van der Waals surface area contributed by atoms with E-state index in [1.54, 1.807) is 17.6 Å². The molecule has 1 amide bonds. The molecule has 4 nitrogen and oxygen atoms in total. The van der Waals surface area contributed by atoms with Crippen molar-refractivity contribution >= 4 is 28.0 Å². The standard InChI is InChI=1S/C15H22N2O2S2/c1-21(19)10-4-8-17-13(12-5-9-20-11-12)16-15(14(17)18)6-2-3-7-15/h5,9,11,13,16H,2-4,6-8,10H2,1H3. The van der Waals surface area contributed by atoms with Crippen LogP contribution in [0, 0.1) is 0 Å². The van der Waals surface area contributed by atoms with Crippen LogP contribution in [0.25, 0.3) is 0 Å². The van der Waals surface area contributed by atoms with E-state index in [-0.39, 0.29) is 17.6 Å². The molecule has 3 rings (SSSR count). The van der Waals surface area contributed by atoms with Gasteiger partial charge >= 0.3 is 0 Å². The summed E-state index contributed by atoms with van der Waals surface area (Å²) in [7, 11) is -0.791. The normalized spacial score (nSPS) is 25.9. The highest BCUT2D eigenvalue weighted by Crippen LogP contribution is 2.41. The Kier molecular flexibility index (Phi) is 4.47. The van der Waals surface area contributed by atoms with Crippen LogP contribution in [0.3, 0.4) is 0 Å². The first-order valence-electron chi connectivity index (χ1n) is 7.53. The third-order valence-electron chi connectivity index (χ3n) is 4.54. The maximum absolute atomic E-state index is 12.9. The zero-order chi connectivity index (χ0) is 14.9. The number of rotatable bonds is 5.